The molecule has 3 atom stereocenters. The summed E-state index contributed by atoms with van der Waals surface area (Å²) in [6, 6.07) is 8.10. The van der Waals surface area contributed by atoms with Gasteiger partial charge in [0.1, 0.15) is 5.75 Å². The third-order valence-electron chi connectivity index (χ3n) is 4.69. The highest BCUT2D eigenvalue weighted by Crippen LogP contribution is 2.33. The van der Waals surface area contributed by atoms with Gasteiger partial charge in [0.05, 0.1) is 12.5 Å². The van der Waals surface area contributed by atoms with Crippen LogP contribution in [0.3, 0.4) is 0 Å². The molecule has 114 valence electrons. The molecule has 1 fully saturated rings. The topological polar surface area (TPSA) is 50.4 Å². The van der Waals surface area contributed by atoms with Gasteiger partial charge in [-0.25, -0.2) is 0 Å². The molecule has 0 aliphatic carbocycles. The summed E-state index contributed by atoms with van der Waals surface area (Å²) in [4.78, 5) is 12.6. The molecule has 4 nitrogen and oxygen atoms in total. The van der Waals surface area contributed by atoms with E-state index in [-0.39, 0.29) is 17.9 Å². The third-order valence-corrected chi connectivity index (χ3v) is 4.69. The Bertz CT molecular complexity index is 497. The van der Waals surface area contributed by atoms with Crippen LogP contribution in [0.2, 0.25) is 0 Å². The molecule has 0 spiro atoms. The minimum atomic E-state index is -0.0750. The summed E-state index contributed by atoms with van der Waals surface area (Å²) >= 11 is 0. The molecule has 1 aromatic carbocycles. The zero-order valence-corrected chi connectivity index (χ0v) is 12.6. The smallest absolute Gasteiger partial charge is 0.228 e. The number of amides is 1. The summed E-state index contributed by atoms with van der Waals surface area (Å²) < 4.78 is 5.64. The molecule has 1 amide bonds. The van der Waals surface area contributed by atoms with E-state index in [0.29, 0.717) is 12.5 Å². The van der Waals surface area contributed by atoms with Crippen LogP contribution in [0.5, 0.6) is 5.75 Å². The first kappa shape index (κ1) is 14.4. The van der Waals surface area contributed by atoms with Crippen LogP contribution in [0.15, 0.2) is 24.3 Å². The monoisotopic (exact) mass is 288 g/mol. The highest BCUT2D eigenvalue weighted by Gasteiger charge is 2.29. The van der Waals surface area contributed by atoms with E-state index in [0.717, 1.165) is 30.8 Å². The maximum absolute atomic E-state index is 12.6. The van der Waals surface area contributed by atoms with Crippen LogP contribution in [0.25, 0.3) is 0 Å². The van der Waals surface area contributed by atoms with Crippen molar-refractivity contribution in [1.82, 2.24) is 10.6 Å². The van der Waals surface area contributed by atoms with Crippen LogP contribution >= 0.6 is 0 Å². The van der Waals surface area contributed by atoms with Crippen LogP contribution in [0, 0.1) is 5.92 Å². The van der Waals surface area contributed by atoms with Crippen LogP contribution in [0.1, 0.15) is 37.7 Å². The molecule has 4 heteroatoms. The maximum Gasteiger partial charge on any atom is 0.228 e. The second kappa shape index (κ2) is 6.48. The summed E-state index contributed by atoms with van der Waals surface area (Å²) in [5.74, 6) is 1.46. The molecule has 21 heavy (non-hydrogen) atoms. The lowest BCUT2D eigenvalue weighted by molar-refractivity contribution is -0.124. The number of rotatable bonds is 3. The quantitative estimate of drug-likeness (QED) is 0.895. The van der Waals surface area contributed by atoms with Gasteiger partial charge in [-0.1, -0.05) is 18.2 Å². The number of benzene rings is 1. The minimum Gasteiger partial charge on any atom is -0.493 e. The molecule has 1 saturated heterocycles. The maximum atomic E-state index is 12.6. The minimum absolute atomic E-state index is 0.0750. The second-order valence-corrected chi connectivity index (χ2v) is 6.13. The van der Waals surface area contributed by atoms with Crippen molar-refractivity contribution in [2.45, 2.75) is 38.1 Å². The van der Waals surface area contributed by atoms with Crippen molar-refractivity contribution >= 4 is 5.91 Å². The van der Waals surface area contributed by atoms with Crippen molar-refractivity contribution in [3.8, 4) is 5.75 Å². The standard InChI is InChI=1S/C17H24N2O2/c1-12(13-5-4-9-18-11-13)19-17(20)15-8-10-21-16-7-3-2-6-14(15)16/h2-3,6-7,12-13,15,18H,4-5,8-11H2,1H3,(H,19,20). The van der Waals surface area contributed by atoms with Gasteiger partial charge in [-0.05, 0) is 51.3 Å². The van der Waals surface area contributed by atoms with Gasteiger partial charge in [-0.2, -0.15) is 0 Å². The summed E-state index contributed by atoms with van der Waals surface area (Å²) in [6.07, 6.45) is 3.16. The number of hydrogen-bond acceptors (Lipinski definition) is 3. The van der Waals surface area contributed by atoms with Crippen LogP contribution in [0.4, 0.5) is 0 Å². The summed E-state index contributed by atoms with van der Waals surface area (Å²) in [5.41, 5.74) is 1.02. The Morgan fingerprint density at radius 2 is 2.24 bits per heavy atom. The van der Waals surface area contributed by atoms with Gasteiger partial charge < -0.3 is 15.4 Å². The van der Waals surface area contributed by atoms with Crippen molar-refractivity contribution in [2.75, 3.05) is 19.7 Å². The van der Waals surface area contributed by atoms with Gasteiger partial charge in [-0.15, -0.1) is 0 Å². The Morgan fingerprint density at radius 1 is 1.38 bits per heavy atom. The Morgan fingerprint density at radius 3 is 3.05 bits per heavy atom. The molecule has 0 bridgehead atoms. The van der Waals surface area contributed by atoms with Crippen LogP contribution in [-0.4, -0.2) is 31.6 Å². The predicted octanol–water partition coefficient (Wildman–Crippen LogP) is 2.06. The molecule has 1 aromatic rings. The van der Waals surface area contributed by atoms with Crippen LogP contribution in [-0.2, 0) is 4.79 Å². The molecule has 2 aliphatic rings. The molecule has 0 radical (unpaired) electrons. The summed E-state index contributed by atoms with van der Waals surface area (Å²) in [5, 5.41) is 6.64. The van der Waals surface area contributed by atoms with E-state index in [2.05, 4.69) is 17.6 Å². The molecule has 2 heterocycles. The molecule has 0 aromatic heterocycles. The number of para-hydroxylation sites is 1. The van der Waals surface area contributed by atoms with Crippen molar-refractivity contribution in [3.63, 3.8) is 0 Å². The molecule has 3 unspecified atom stereocenters. The van der Waals surface area contributed by atoms with E-state index < -0.39 is 0 Å². The largest absolute Gasteiger partial charge is 0.493 e. The number of hydrogen-bond donors (Lipinski definition) is 2. The highest BCUT2D eigenvalue weighted by molar-refractivity contribution is 5.85. The first-order valence-corrected chi connectivity index (χ1v) is 7.98. The van der Waals surface area contributed by atoms with E-state index in [4.69, 9.17) is 4.74 Å². The lowest BCUT2D eigenvalue weighted by atomic mass is 9.89. The SMILES string of the molecule is CC(NC(=O)C1CCOc2ccccc21)C1CCCNC1. The first-order chi connectivity index (χ1) is 10.3. The summed E-state index contributed by atoms with van der Waals surface area (Å²) in [6.45, 7) is 4.85. The van der Waals surface area contributed by atoms with E-state index in [1.807, 2.05) is 24.3 Å². The number of piperidine rings is 1. The molecular weight excluding hydrogens is 264 g/mol. The Kier molecular flexibility index (Phi) is 4.44. The number of nitrogens with one attached hydrogen (secondary N) is 2. The Balaban J connectivity index is 1.66. The zero-order chi connectivity index (χ0) is 14.7. The molecule has 0 saturated carbocycles. The van der Waals surface area contributed by atoms with Gasteiger partial charge in [0, 0.05) is 11.6 Å². The number of carbonyl (C=O) groups excluding carboxylic acids is 1. The zero-order valence-electron chi connectivity index (χ0n) is 12.6. The number of fused-ring (bicyclic) bond motifs is 1. The Labute approximate surface area is 126 Å². The lowest BCUT2D eigenvalue weighted by Gasteiger charge is -2.31. The van der Waals surface area contributed by atoms with E-state index >= 15 is 0 Å². The van der Waals surface area contributed by atoms with E-state index in [1.54, 1.807) is 0 Å². The van der Waals surface area contributed by atoms with Gasteiger partial charge >= 0.3 is 0 Å². The first-order valence-electron chi connectivity index (χ1n) is 7.98. The molecule has 2 N–H and O–H groups in total. The summed E-state index contributed by atoms with van der Waals surface area (Å²) in [7, 11) is 0. The predicted molar refractivity (Wildman–Crippen MR) is 82.5 cm³/mol. The van der Waals surface area contributed by atoms with Crippen molar-refractivity contribution in [2.24, 2.45) is 5.92 Å². The second-order valence-electron chi connectivity index (χ2n) is 6.13. The number of ether oxygens (including phenoxy) is 1. The van der Waals surface area contributed by atoms with Crippen molar-refractivity contribution in [3.05, 3.63) is 29.8 Å². The normalized spacial score (nSPS) is 26.3. The Hall–Kier alpha value is -1.55. The molecule has 2 aliphatic heterocycles. The van der Waals surface area contributed by atoms with Gasteiger partial charge in [-0.3, -0.25) is 4.79 Å². The van der Waals surface area contributed by atoms with Gasteiger partial charge in [0.2, 0.25) is 5.91 Å². The van der Waals surface area contributed by atoms with Gasteiger partial charge in [0.15, 0.2) is 0 Å². The fourth-order valence-electron chi connectivity index (χ4n) is 3.36. The fraction of sp³-hybridized carbons (Fsp3) is 0.588. The molecule has 3 rings (SSSR count). The third kappa shape index (κ3) is 3.21. The van der Waals surface area contributed by atoms with Crippen molar-refractivity contribution < 1.29 is 9.53 Å². The average Bonchev–Trinajstić information content (AvgIpc) is 2.55. The number of carbonyl (C=O) groups is 1. The molecular formula is C17H24N2O2. The highest BCUT2D eigenvalue weighted by atomic mass is 16.5. The lowest BCUT2D eigenvalue weighted by Crippen LogP contribution is -2.46. The van der Waals surface area contributed by atoms with E-state index in [9.17, 15) is 4.79 Å². The fourth-order valence-corrected chi connectivity index (χ4v) is 3.36. The van der Waals surface area contributed by atoms with E-state index in [1.165, 1.54) is 12.8 Å². The van der Waals surface area contributed by atoms with Crippen LogP contribution < -0.4 is 15.4 Å². The van der Waals surface area contributed by atoms with Crippen molar-refractivity contribution in [1.29, 1.82) is 0 Å². The average molecular weight is 288 g/mol. The van der Waals surface area contributed by atoms with Gasteiger partial charge in [0.25, 0.3) is 0 Å².